The zero-order chi connectivity index (χ0) is 39.6. The van der Waals surface area contributed by atoms with Crippen LogP contribution in [0.1, 0.15) is 0 Å². The van der Waals surface area contributed by atoms with E-state index in [-0.39, 0.29) is 0 Å². The van der Waals surface area contributed by atoms with Gasteiger partial charge in [0.15, 0.2) is 0 Å². The van der Waals surface area contributed by atoms with Gasteiger partial charge >= 0.3 is 0 Å². The number of furan rings is 1. The van der Waals surface area contributed by atoms with Crippen molar-refractivity contribution in [3.05, 3.63) is 218 Å². The molecule has 0 unspecified atom stereocenters. The largest absolute Gasteiger partial charge is 0.456 e. The van der Waals surface area contributed by atoms with E-state index in [1.54, 1.807) is 0 Å². The van der Waals surface area contributed by atoms with Crippen LogP contribution in [0.15, 0.2) is 223 Å². The Kier molecular flexibility index (Phi) is 8.03. The van der Waals surface area contributed by atoms with Crippen LogP contribution in [0.2, 0.25) is 0 Å². The molecular formula is C56H36N2OS. The van der Waals surface area contributed by atoms with Crippen LogP contribution in [0, 0.1) is 0 Å². The fourth-order valence-electron chi connectivity index (χ4n) is 9.18. The molecule has 12 aromatic rings. The first-order valence-corrected chi connectivity index (χ1v) is 21.2. The summed E-state index contributed by atoms with van der Waals surface area (Å²) in [6.45, 7) is 0. The lowest BCUT2D eigenvalue weighted by molar-refractivity contribution is 0.669. The highest BCUT2D eigenvalue weighted by atomic mass is 32.1. The Bertz CT molecular complexity index is 3560. The summed E-state index contributed by atoms with van der Waals surface area (Å²) in [5.74, 6) is 0. The van der Waals surface area contributed by atoms with E-state index < -0.39 is 0 Å². The van der Waals surface area contributed by atoms with E-state index in [2.05, 4.69) is 228 Å². The van der Waals surface area contributed by atoms with Crippen molar-refractivity contribution in [2.24, 2.45) is 0 Å². The molecule has 4 heteroatoms. The van der Waals surface area contributed by atoms with Gasteiger partial charge in [0, 0.05) is 48.0 Å². The SMILES string of the molecule is c1ccc(-c2ccc(N(c3ccccc3)c3ccc4oc5ccc6ccccc6c5c4c3N(c3ccccc3)c3ccc4c(c3)sc3ccccc34)c3ccccc23)cc1. The molecule has 2 aromatic heterocycles. The molecule has 0 aliphatic heterocycles. The predicted molar refractivity (Wildman–Crippen MR) is 256 cm³/mol. The molecule has 2 heterocycles. The quantitative estimate of drug-likeness (QED) is 0.160. The Morgan fingerprint density at radius 1 is 0.350 bits per heavy atom. The minimum atomic E-state index is 0.835. The number of hydrogen-bond donors (Lipinski definition) is 0. The number of hydrogen-bond acceptors (Lipinski definition) is 4. The Morgan fingerprint density at radius 2 is 0.933 bits per heavy atom. The minimum Gasteiger partial charge on any atom is -0.456 e. The standard InChI is InChI=1S/C56H36N2OS/c1-4-16-37(17-5-1)42-31-32-48(45-25-13-12-24-44(42)45)58(40-21-8-3-9-22-40)49-33-35-51-55(54-43-23-11-10-18-38(43)28-34-50(54)59-51)56(49)57(39-19-6-2-7-20-39)41-29-30-47-46-26-14-15-27-52(46)60-53(47)36-41/h1-36H. The molecular weight excluding hydrogens is 749 g/mol. The summed E-state index contributed by atoms with van der Waals surface area (Å²) in [6, 6.07) is 78.7. The number of anilines is 6. The summed E-state index contributed by atoms with van der Waals surface area (Å²) in [6.07, 6.45) is 0. The highest BCUT2D eigenvalue weighted by Gasteiger charge is 2.29. The van der Waals surface area contributed by atoms with Crippen molar-refractivity contribution >= 4 is 109 Å². The predicted octanol–water partition coefficient (Wildman–Crippen LogP) is 16.9. The smallest absolute Gasteiger partial charge is 0.137 e. The molecule has 282 valence electrons. The van der Waals surface area contributed by atoms with Gasteiger partial charge in [0.25, 0.3) is 0 Å². The molecule has 0 saturated carbocycles. The van der Waals surface area contributed by atoms with Crippen LogP contribution in [0.5, 0.6) is 0 Å². The summed E-state index contributed by atoms with van der Waals surface area (Å²) in [5, 5.41) is 9.39. The van der Waals surface area contributed by atoms with Crippen LogP contribution in [-0.4, -0.2) is 0 Å². The van der Waals surface area contributed by atoms with Gasteiger partial charge in [-0.2, -0.15) is 0 Å². The molecule has 12 rings (SSSR count). The number of fused-ring (bicyclic) bond motifs is 9. The Morgan fingerprint density at radius 3 is 1.72 bits per heavy atom. The first kappa shape index (κ1) is 34.4. The van der Waals surface area contributed by atoms with E-state index in [4.69, 9.17) is 4.42 Å². The third-order valence-electron chi connectivity index (χ3n) is 11.8. The number of thiophene rings is 1. The van der Waals surface area contributed by atoms with Gasteiger partial charge in [-0.25, -0.2) is 0 Å². The molecule has 0 bridgehead atoms. The molecule has 0 aliphatic rings. The molecule has 0 amide bonds. The van der Waals surface area contributed by atoms with E-state index in [1.807, 2.05) is 11.3 Å². The molecule has 60 heavy (non-hydrogen) atoms. The van der Waals surface area contributed by atoms with E-state index >= 15 is 0 Å². The fraction of sp³-hybridized carbons (Fsp3) is 0. The van der Waals surface area contributed by atoms with Gasteiger partial charge in [0.05, 0.1) is 22.4 Å². The Balaban J connectivity index is 1.23. The summed E-state index contributed by atoms with van der Waals surface area (Å²) >= 11 is 1.84. The Hall–Kier alpha value is -7.66. The molecule has 0 aliphatic carbocycles. The molecule has 0 fully saturated rings. The summed E-state index contributed by atoms with van der Waals surface area (Å²) in [7, 11) is 0. The third kappa shape index (κ3) is 5.49. The van der Waals surface area contributed by atoms with Crippen molar-refractivity contribution in [3.63, 3.8) is 0 Å². The fourth-order valence-corrected chi connectivity index (χ4v) is 10.3. The van der Waals surface area contributed by atoms with Crippen LogP contribution in [0.25, 0.3) is 74.8 Å². The second-order valence-corrected chi connectivity index (χ2v) is 16.3. The van der Waals surface area contributed by atoms with E-state index in [9.17, 15) is 0 Å². The van der Waals surface area contributed by atoms with Crippen molar-refractivity contribution < 1.29 is 4.42 Å². The van der Waals surface area contributed by atoms with Gasteiger partial charge in [-0.05, 0) is 94.0 Å². The average molecular weight is 785 g/mol. The second-order valence-electron chi connectivity index (χ2n) is 15.2. The van der Waals surface area contributed by atoms with Gasteiger partial charge < -0.3 is 14.2 Å². The number of nitrogens with zero attached hydrogens (tertiary/aromatic N) is 2. The number of rotatable bonds is 7. The molecule has 0 saturated heterocycles. The van der Waals surface area contributed by atoms with Crippen molar-refractivity contribution in [1.82, 2.24) is 0 Å². The molecule has 0 atom stereocenters. The zero-order valence-electron chi connectivity index (χ0n) is 32.5. The van der Waals surface area contributed by atoms with Crippen LogP contribution in [0.4, 0.5) is 34.1 Å². The minimum absolute atomic E-state index is 0.835. The maximum atomic E-state index is 6.87. The van der Waals surface area contributed by atoms with Gasteiger partial charge in [-0.1, -0.05) is 152 Å². The molecule has 0 spiro atoms. The van der Waals surface area contributed by atoms with Crippen molar-refractivity contribution in [3.8, 4) is 11.1 Å². The first-order valence-electron chi connectivity index (χ1n) is 20.3. The molecule has 10 aromatic carbocycles. The van der Waals surface area contributed by atoms with Gasteiger partial charge in [0.1, 0.15) is 11.2 Å². The van der Waals surface area contributed by atoms with Crippen LogP contribution >= 0.6 is 11.3 Å². The maximum absolute atomic E-state index is 6.87. The first-order chi connectivity index (χ1) is 29.8. The molecule has 0 N–H and O–H groups in total. The second kappa shape index (κ2) is 14.0. The van der Waals surface area contributed by atoms with Gasteiger partial charge in [-0.3, -0.25) is 0 Å². The summed E-state index contributed by atoms with van der Waals surface area (Å²) in [4.78, 5) is 4.90. The van der Waals surface area contributed by atoms with Crippen LogP contribution in [-0.2, 0) is 0 Å². The third-order valence-corrected chi connectivity index (χ3v) is 13.0. The Labute approximate surface area is 351 Å². The monoisotopic (exact) mass is 784 g/mol. The van der Waals surface area contributed by atoms with E-state index in [0.717, 1.165) is 66.8 Å². The lowest BCUT2D eigenvalue weighted by atomic mass is 9.96. The zero-order valence-corrected chi connectivity index (χ0v) is 33.3. The summed E-state index contributed by atoms with van der Waals surface area (Å²) < 4.78 is 9.40. The normalized spacial score (nSPS) is 11.7. The highest BCUT2D eigenvalue weighted by molar-refractivity contribution is 7.25. The van der Waals surface area contributed by atoms with Gasteiger partial charge in [0.2, 0.25) is 0 Å². The van der Waals surface area contributed by atoms with Crippen molar-refractivity contribution in [1.29, 1.82) is 0 Å². The van der Waals surface area contributed by atoms with Crippen LogP contribution < -0.4 is 9.80 Å². The lowest BCUT2D eigenvalue weighted by Crippen LogP contribution is -2.17. The molecule has 3 nitrogen and oxygen atoms in total. The maximum Gasteiger partial charge on any atom is 0.137 e. The van der Waals surface area contributed by atoms with Gasteiger partial charge in [-0.15, -0.1) is 11.3 Å². The topological polar surface area (TPSA) is 19.6 Å². The van der Waals surface area contributed by atoms with Crippen LogP contribution in [0.3, 0.4) is 0 Å². The van der Waals surface area contributed by atoms with E-state index in [0.29, 0.717) is 0 Å². The lowest BCUT2D eigenvalue weighted by Gasteiger charge is -2.34. The van der Waals surface area contributed by atoms with E-state index in [1.165, 1.54) is 42.1 Å². The number of benzene rings is 10. The molecule has 0 radical (unpaired) electrons. The summed E-state index contributed by atoms with van der Waals surface area (Å²) in [5.41, 5.74) is 10.4. The van der Waals surface area contributed by atoms with Crippen molar-refractivity contribution in [2.45, 2.75) is 0 Å². The van der Waals surface area contributed by atoms with Crippen molar-refractivity contribution in [2.75, 3.05) is 9.80 Å². The average Bonchev–Trinajstić information content (AvgIpc) is 3.89. The number of para-hydroxylation sites is 2. The highest BCUT2D eigenvalue weighted by Crippen LogP contribution is 2.54.